The first-order valence-corrected chi connectivity index (χ1v) is 9.18. The number of hydrogen-bond acceptors (Lipinski definition) is 6. The Morgan fingerprint density at radius 2 is 1.85 bits per heavy atom. The van der Waals surface area contributed by atoms with Crippen molar-refractivity contribution in [2.24, 2.45) is 0 Å². The van der Waals surface area contributed by atoms with E-state index in [-0.39, 0.29) is 0 Å². The van der Waals surface area contributed by atoms with Crippen molar-refractivity contribution in [3.8, 4) is 17.2 Å². The van der Waals surface area contributed by atoms with Crippen LogP contribution >= 0.6 is 11.8 Å². The minimum atomic E-state index is 0.516. The topological polar surface area (TPSA) is 61.0 Å². The number of aryl methyl sites for hydroxylation is 1. The lowest BCUT2D eigenvalue weighted by Crippen LogP contribution is -1.88. The highest BCUT2D eigenvalue weighted by Gasteiger charge is 2.14. The van der Waals surface area contributed by atoms with Gasteiger partial charge in [0.05, 0.1) is 18.4 Å². The molecule has 6 heteroatoms. The van der Waals surface area contributed by atoms with Crippen molar-refractivity contribution in [2.45, 2.75) is 17.6 Å². The van der Waals surface area contributed by atoms with Crippen molar-refractivity contribution in [2.75, 3.05) is 7.11 Å². The van der Waals surface area contributed by atoms with Crippen molar-refractivity contribution in [3.05, 3.63) is 66.2 Å². The van der Waals surface area contributed by atoms with E-state index in [1.807, 2.05) is 61.5 Å². The largest absolute Gasteiger partial charge is 0.496 e. The minimum Gasteiger partial charge on any atom is -0.496 e. The van der Waals surface area contributed by atoms with E-state index in [1.165, 1.54) is 0 Å². The molecule has 130 valence electrons. The summed E-state index contributed by atoms with van der Waals surface area (Å²) < 4.78 is 11.3. The Morgan fingerprint density at radius 1 is 1.04 bits per heavy atom. The van der Waals surface area contributed by atoms with Gasteiger partial charge in [0, 0.05) is 21.5 Å². The summed E-state index contributed by atoms with van der Waals surface area (Å²) in [5.41, 5.74) is 2.75. The van der Waals surface area contributed by atoms with E-state index < -0.39 is 0 Å². The maximum atomic E-state index is 5.92. The summed E-state index contributed by atoms with van der Waals surface area (Å²) >= 11 is 1.61. The highest BCUT2D eigenvalue weighted by Crippen LogP contribution is 2.32. The molecule has 26 heavy (non-hydrogen) atoms. The standard InChI is InChI=1S/C20H17N3O2S/c1-13-11-15(14-7-3-4-8-16(14)21-13)20-23-22-19(25-20)12-26-18-10-6-5-9-17(18)24-2/h3-11H,12H2,1-2H3. The molecule has 0 saturated heterocycles. The summed E-state index contributed by atoms with van der Waals surface area (Å²) in [5, 5.41) is 9.45. The monoisotopic (exact) mass is 363 g/mol. The van der Waals surface area contributed by atoms with E-state index in [1.54, 1.807) is 18.9 Å². The first kappa shape index (κ1) is 16.6. The van der Waals surface area contributed by atoms with Crippen molar-refractivity contribution < 1.29 is 9.15 Å². The Bertz CT molecular complexity index is 1060. The number of thioether (sulfide) groups is 1. The lowest BCUT2D eigenvalue weighted by atomic mass is 10.1. The molecular weight excluding hydrogens is 346 g/mol. The summed E-state index contributed by atoms with van der Waals surface area (Å²) in [7, 11) is 1.67. The van der Waals surface area contributed by atoms with Crippen molar-refractivity contribution in [1.29, 1.82) is 0 Å². The minimum absolute atomic E-state index is 0.516. The molecule has 2 aromatic carbocycles. The SMILES string of the molecule is COc1ccccc1SCc1nnc(-c2cc(C)nc3ccccc23)o1. The number of benzene rings is 2. The average molecular weight is 363 g/mol. The summed E-state index contributed by atoms with van der Waals surface area (Å²) in [6.07, 6.45) is 0. The molecule has 2 heterocycles. The van der Waals surface area contributed by atoms with Gasteiger partial charge in [0.1, 0.15) is 5.75 Å². The molecule has 0 aliphatic carbocycles. The van der Waals surface area contributed by atoms with E-state index in [4.69, 9.17) is 9.15 Å². The second kappa shape index (κ2) is 7.17. The lowest BCUT2D eigenvalue weighted by molar-refractivity contribution is 0.405. The molecule has 0 amide bonds. The van der Waals surface area contributed by atoms with E-state index in [2.05, 4.69) is 15.2 Å². The van der Waals surface area contributed by atoms with Gasteiger partial charge in [0.25, 0.3) is 0 Å². The van der Waals surface area contributed by atoms with Crippen LogP contribution in [0.3, 0.4) is 0 Å². The highest BCUT2D eigenvalue weighted by molar-refractivity contribution is 7.98. The summed E-state index contributed by atoms with van der Waals surface area (Å²) in [6.45, 7) is 1.96. The molecule has 4 aromatic rings. The fourth-order valence-corrected chi connectivity index (χ4v) is 3.65. The average Bonchev–Trinajstić information content (AvgIpc) is 3.14. The maximum Gasteiger partial charge on any atom is 0.248 e. The molecule has 0 fully saturated rings. The van der Waals surface area contributed by atoms with Crippen LogP contribution < -0.4 is 4.74 Å². The van der Waals surface area contributed by atoms with Crippen LogP contribution in [0.2, 0.25) is 0 Å². The predicted molar refractivity (Wildman–Crippen MR) is 102 cm³/mol. The molecule has 5 nitrogen and oxygen atoms in total. The van der Waals surface area contributed by atoms with Crippen molar-refractivity contribution in [3.63, 3.8) is 0 Å². The van der Waals surface area contributed by atoms with Gasteiger partial charge in [-0.3, -0.25) is 4.98 Å². The first-order valence-electron chi connectivity index (χ1n) is 8.19. The van der Waals surface area contributed by atoms with Gasteiger partial charge in [-0.2, -0.15) is 0 Å². The number of pyridine rings is 1. The zero-order valence-corrected chi connectivity index (χ0v) is 15.3. The molecule has 0 bridgehead atoms. The van der Waals surface area contributed by atoms with Crippen LogP contribution in [-0.4, -0.2) is 22.3 Å². The molecule has 0 spiro atoms. The summed E-state index contributed by atoms with van der Waals surface area (Å²) in [4.78, 5) is 5.60. The number of fused-ring (bicyclic) bond motifs is 1. The summed E-state index contributed by atoms with van der Waals surface area (Å²) in [6, 6.07) is 17.8. The number of para-hydroxylation sites is 2. The molecule has 0 atom stereocenters. The van der Waals surface area contributed by atoms with E-state index in [0.717, 1.165) is 32.8 Å². The van der Waals surface area contributed by atoms with Crippen LogP contribution in [0.4, 0.5) is 0 Å². The number of nitrogens with zero attached hydrogens (tertiary/aromatic N) is 3. The number of aromatic nitrogens is 3. The third-order valence-electron chi connectivity index (χ3n) is 3.96. The Morgan fingerprint density at radius 3 is 2.73 bits per heavy atom. The van der Waals surface area contributed by atoms with Crippen LogP contribution in [0, 0.1) is 6.92 Å². The molecule has 0 aliphatic heterocycles. The van der Waals surface area contributed by atoms with Crippen LogP contribution in [0.25, 0.3) is 22.4 Å². The van der Waals surface area contributed by atoms with E-state index in [9.17, 15) is 0 Å². The van der Waals surface area contributed by atoms with Gasteiger partial charge in [-0.25, -0.2) is 0 Å². The Hall–Kier alpha value is -2.86. The zero-order chi connectivity index (χ0) is 17.9. The van der Waals surface area contributed by atoms with Crippen LogP contribution in [-0.2, 0) is 5.75 Å². The number of methoxy groups -OCH3 is 1. The second-order valence-electron chi connectivity index (χ2n) is 5.77. The van der Waals surface area contributed by atoms with Crippen LogP contribution in [0.5, 0.6) is 5.75 Å². The van der Waals surface area contributed by atoms with Crippen molar-refractivity contribution >= 4 is 22.7 Å². The van der Waals surface area contributed by atoms with Gasteiger partial charge in [-0.1, -0.05) is 30.3 Å². The fourth-order valence-electron chi connectivity index (χ4n) is 2.78. The fraction of sp³-hybridized carbons (Fsp3) is 0.150. The van der Waals surface area contributed by atoms with E-state index in [0.29, 0.717) is 17.5 Å². The number of hydrogen-bond donors (Lipinski definition) is 0. The summed E-state index contributed by atoms with van der Waals surface area (Å²) in [5.74, 6) is 2.51. The quantitative estimate of drug-likeness (QED) is 0.470. The lowest BCUT2D eigenvalue weighted by Gasteiger charge is -2.06. The van der Waals surface area contributed by atoms with Crippen molar-refractivity contribution in [1.82, 2.24) is 15.2 Å². The number of ether oxygens (including phenoxy) is 1. The number of rotatable bonds is 5. The third-order valence-corrected chi connectivity index (χ3v) is 5.00. The maximum absolute atomic E-state index is 5.92. The van der Waals surface area contributed by atoms with Gasteiger partial charge < -0.3 is 9.15 Å². The molecule has 0 saturated carbocycles. The molecular formula is C20H17N3O2S. The highest BCUT2D eigenvalue weighted by atomic mass is 32.2. The third kappa shape index (κ3) is 3.28. The zero-order valence-electron chi connectivity index (χ0n) is 14.5. The molecule has 0 N–H and O–H groups in total. The van der Waals surface area contributed by atoms with Gasteiger partial charge in [-0.05, 0) is 31.2 Å². The van der Waals surface area contributed by atoms with Crippen LogP contribution in [0.15, 0.2) is 63.9 Å². The molecule has 0 aliphatic rings. The van der Waals surface area contributed by atoms with Gasteiger partial charge >= 0.3 is 0 Å². The first-order chi connectivity index (χ1) is 12.7. The Balaban J connectivity index is 1.61. The molecule has 0 radical (unpaired) electrons. The Labute approximate surface area is 155 Å². The normalized spacial score (nSPS) is 11.0. The van der Waals surface area contributed by atoms with Gasteiger partial charge in [0.15, 0.2) is 0 Å². The molecule has 0 unspecified atom stereocenters. The Kier molecular flexibility index (Phi) is 4.58. The van der Waals surface area contributed by atoms with Gasteiger partial charge in [-0.15, -0.1) is 22.0 Å². The smallest absolute Gasteiger partial charge is 0.248 e. The van der Waals surface area contributed by atoms with Gasteiger partial charge in [0.2, 0.25) is 11.8 Å². The second-order valence-corrected chi connectivity index (χ2v) is 6.79. The van der Waals surface area contributed by atoms with E-state index >= 15 is 0 Å². The molecule has 2 aromatic heterocycles. The van der Waals surface area contributed by atoms with Crippen LogP contribution in [0.1, 0.15) is 11.6 Å². The predicted octanol–water partition coefficient (Wildman–Crippen LogP) is 4.89. The molecule has 4 rings (SSSR count).